The van der Waals surface area contributed by atoms with Gasteiger partial charge in [-0.15, -0.1) is 0 Å². The van der Waals surface area contributed by atoms with Crippen molar-refractivity contribution in [3.8, 4) is 17.0 Å². The van der Waals surface area contributed by atoms with Crippen molar-refractivity contribution in [3.05, 3.63) is 35.1 Å². The molecule has 3 aromatic rings. The normalized spacial score (nSPS) is 17.0. The molecule has 0 bridgehead atoms. The number of anilines is 2. The molecule has 2 fully saturated rings. The molecule has 0 spiro atoms. The Kier molecular flexibility index (Phi) is 6.56. The van der Waals surface area contributed by atoms with Crippen molar-refractivity contribution < 1.29 is 4.74 Å². The first-order valence-electron chi connectivity index (χ1n) is 11.4. The average Bonchev–Trinajstić information content (AvgIpc) is 3.54. The Morgan fingerprint density at radius 2 is 1.97 bits per heavy atom. The summed E-state index contributed by atoms with van der Waals surface area (Å²) in [6.45, 7) is 7.24. The average molecular weight is 488 g/mol. The van der Waals surface area contributed by atoms with Crippen molar-refractivity contribution in [1.82, 2.24) is 18.7 Å². The molecule has 1 aliphatic heterocycles. The van der Waals surface area contributed by atoms with Crippen LogP contribution >= 0.6 is 23.5 Å². The molecule has 0 radical (unpaired) electrons. The smallest absolute Gasteiger partial charge is 0.236 e. The highest BCUT2D eigenvalue weighted by molar-refractivity contribution is 7.97. The third kappa shape index (κ3) is 4.87. The Hall–Kier alpha value is -2.20. The predicted molar refractivity (Wildman–Crippen MR) is 137 cm³/mol. The lowest BCUT2D eigenvalue weighted by atomic mass is 10.1. The summed E-state index contributed by atoms with van der Waals surface area (Å²) in [4.78, 5) is 12.2. The maximum Gasteiger partial charge on any atom is 0.236 e. The highest BCUT2D eigenvalue weighted by Crippen LogP contribution is 2.37. The second kappa shape index (κ2) is 9.58. The fourth-order valence-electron chi connectivity index (χ4n) is 4.09. The first kappa shape index (κ1) is 22.6. The number of hydrogen-bond donors (Lipinski definition) is 2. The maximum atomic E-state index is 6.40. The lowest BCUT2D eigenvalue weighted by molar-refractivity contribution is 0.415. The summed E-state index contributed by atoms with van der Waals surface area (Å²) in [6, 6.07) is 3.84. The monoisotopic (exact) mass is 487 g/mol. The van der Waals surface area contributed by atoms with Gasteiger partial charge in [-0.2, -0.15) is 4.98 Å². The van der Waals surface area contributed by atoms with Crippen molar-refractivity contribution in [2.75, 3.05) is 56.6 Å². The summed E-state index contributed by atoms with van der Waals surface area (Å²) in [5, 5.41) is 4.86. The number of benzene rings is 1. The lowest BCUT2D eigenvalue weighted by Gasteiger charge is -2.35. The molecule has 5 rings (SSSR count). The van der Waals surface area contributed by atoms with Gasteiger partial charge in [0.2, 0.25) is 5.78 Å². The summed E-state index contributed by atoms with van der Waals surface area (Å²) in [6.07, 6.45) is 6.78. The van der Waals surface area contributed by atoms with E-state index >= 15 is 0 Å². The molecule has 0 unspecified atom stereocenters. The van der Waals surface area contributed by atoms with Gasteiger partial charge in [-0.25, -0.2) is 9.29 Å². The highest BCUT2D eigenvalue weighted by Gasteiger charge is 2.28. The number of rotatable bonds is 8. The third-order valence-corrected chi connectivity index (χ3v) is 7.75. The van der Waals surface area contributed by atoms with Crippen LogP contribution < -0.4 is 20.7 Å². The SMILES string of the molecule is COc1cc(C)c(-c2cn3cc(NCCN)c(N4CCN(SC5CC5)CC4)nc3n2)cc1Cl. The van der Waals surface area contributed by atoms with Crippen molar-refractivity contribution in [3.63, 3.8) is 0 Å². The third-order valence-electron chi connectivity index (χ3n) is 6.02. The van der Waals surface area contributed by atoms with Crippen LogP contribution in [-0.4, -0.2) is 70.3 Å². The number of halogens is 1. The van der Waals surface area contributed by atoms with E-state index in [1.54, 1.807) is 7.11 Å². The van der Waals surface area contributed by atoms with E-state index in [0.29, 0.717) is 29.6 Å². The van der Waals surface area contributed by atoms with Crippen LogP contribution in [0.25, 0.3) is 17.0 Å². The second-order valence-corrected chi connectivity index (χ2v) is 10.4. The highest BCUT2D eigenvalue weighted by atomic mass is 35.5. The summed E-state index contributed by atoms with van der Waals surface area (Å²) >= 11 is 8.43. The number of fused-ring (bicyclic) bond motifs is 1. The zero-order chi connectivity index (χ0) is 22.9. The Labute approximate surface area is 203 Å². The number of ether oxygens (including phenoxy) is 1. The van der Waals surface area contributed by atoms with Gasteiger partial charge in [-0.1, -0.05) is 23.5 Å². The number of methoxy groups -OCH3 is 1. The van der Waals surface area contributed by atoms with E-state index in [9.17, 15) is 0 Å². The quantitative estimate of drug-likeness (QED) is 0.466. The van der Waals surface area contributed by atoms with Crippen LogP contribution in [0.5, 0.6) is 5.75 Å². The van der Waals surface area contributed by atoms with Crippen molar-refractivity contribution >= 4 is 40.8 Å². The van der Waals surface area contributed by atoms with Gasteiger partial charge in [-0.3, -0.25) is 4.40 Å². The largest absolute Gasteiger partial charge is 0.495 e. The fourth-order valence-corrected chi connectivity index (χ4v) is 5.48. The van der Waals surface area contributed by atoms with Crippen LogP contribution in [0, 0.1) is 6.92 Å². The molecule has 2 aliphatic rings. The minimum Gasteiger partial charge on any atom is -0.495 e. The number of nitrogens with zero attached hydrogens (tertiary/aromatic N) is 5. The topological polar surface area (TPSA) is 84.0 Å². The maximum absolute atomic E-state index is 6.40. The van der Waals surface area contributed by atoms with Gasteiger partial charge in [0.25, 0.3) is 0 Å². The molecule has 33 heavy (non-hydrogen) atoms. The van der Waals surface area contributed by atoms with E-state index < -0.39 is 0 Å². The van der Waals surface area contributed by atoms with Gasteiger partial charge in [-0.05, 0) is 37.5 Å². The summed E-state index contributed by atoms with van der Waals surface area (Å²) in [7, 11) is 1.62. The van der Waals surface area contributed by atoms with Crippen LogP contribution in [0.3, 0.4) is 0 Å². The Bertz CT molecular complexity index is 1140. The molecule has 0 amide bonds. The number of aryl methyl sites for hydroxylation is 1. The van der Waals surface area contributed by atoms with Crippen LogP contribution in [0.4, 0.5) is 11.5 Å². The molecule has 3 heterocycles. The van der Waals surface area contributed by atoms with E-state index in [1.807, 2.05) is 41.6 Å². The van der Waals surface area contributed by atoms with Crippen molar-refractivity contribution in [2.45, 2.75) is 25.0 Å². The van der Waals surface area contributed by atoms with E-state index in [-0.39, 0.29) is 0 Å². The van der Waals surface area contributed by atoms with Crippen LogP contribution in [0.1, 0.15) is 18.4 Å². The molecule has 1 saturated carbocycles. The molecule has 1 aliphatic carbocycles. The standard InChI is InChI=1S/C23H30ClN7OS/c1-15-11-21(32-2)18(24)12-17(15)19-13-30-14-20(26-6-5-25)22(28-23(30)27-19)29-7-9-31(10-8-29)33-16-3-4-16/h11-14,16,26H,3-10,25H2,1-2H3. The Morgan fingerprint density at radius 1 is 1.18 bits per heavy atom. The molecule has 3 N–H and O–H groups in total. The minimum atomic E-state index is 0.558. The van der Waals surface area contributed by atoms with Crippen LogP contribution in [0.15, 0.2) is 24.5 Å². The number of nitrogens with two attached hydrogens (primary N) is 1. The lowest BCUT2D eigenvalue weighted by Crippen LogP contribution is -2.44. The molecule has 10 heteroatoms. The zero-order valence-corrected chi connectivity index (χ0v) is 20.6. The van der Waals surface area contributed by atoms with E-state index in [4.69, 9.17) is 32.0 Å². The number of aromatic nitrogens is 3. The first-order chi connectivity index (χ1) is 16.1. The van der Waals surface area contributed by atoms with Gasteiger partial charge in [0, 0.05) is 62.5 Å². The van der Waals surface area contributed by atoms with Gasteiger partial charge in [0.1, 0.15) is 5.75 Å². The summed E-state index contributed by atoms with van der Waals surface area (Å²) in [5.41, 5.74) is 9.60. The molecule has 2 aromatic heterocycles. The predicted octanol–water partition coefficient (Wildman–Crippen LogP) is 3.67. The Balaban J connectivity index is 1.46. The molecular formula is C23H30ClN7OS. The number of imidazole rings is 1. The number of nitrogens with one attached hydrogen (secondary N) is 1. The number of hydrogen-bond acceptors (Lipinski definition) is 8. The van der Waals surface area contributed by atoms with Gasteiger partial charge < -0.3 is 20.7 Å². The van der Waals surface area contributed by atoms with Crippen molar-refractivity contribution in [2.24, 2.45) is 5.73 Å². The molecule has 8 nitrogen and oxygen atoms in total. The molecular weight excluding hydrogens is 458 g/mol. The molecule has 176 valence electrons. The molecule has 0 atom stereocenters. The molecule has 1 aromatic carbocycles. The van der Waals surface area contributed by atoms with E-state index in [1.165, 1.54) is 12.8 Å². The second-order valence-electron chi connectivity index (χ2n) is 8.55. The summed E-state index contributed by atoms with van der Waals surface area (Å²) in [5.74, 6) is 2.27. The zero-order valence-electron chi connectivity index (χ0n) is 19.1. The molecule has 1 saturated heterocycles. The van der Waals surface area contributed by atoms with Gasteiger partial charge in [0.05, 0.1) is 23.5 Å². The van der Waals surface area contributed by atoms with Gasteiger partial charge in [0.15, 0.2) is 5.82 Å². The summed E-state index contributed by atoms with van der Waals surface area (Å²) < 4.78 is 9.82. The first-order valence-corrected chi connectivity index (χ1v) is 12.6. The van der Waals surface area contributed by atoms with Crippen LogP contribution in [-0.2, 0) is 0 Å². The van der Waals surface area contributed by atoms with E-state index in [2.05, 4.69) is 20.7 Å². The fraction of sp³-hybridized carbons (Fsp3) is 0.478. The minimum absolute atomic E-state index is 0.558. The van der Waals surface area contributed by atoms with Crippen LogP contribution in [0.2, 0.25) is 5.02 Å². The number of piperazine rings is 1. The van der Waals surface area contributed by atoms with Gasteiger partial charge >= 0.3 is 0 Å². The van der Waals surface area contributed by atoms with Crippen molar-refractivity contribution in [1.29, 1.82) is 0 Å². The van der Waals surface area contributed by atoms with E-state index in [0.717, 1.165) is 59.8 Å². The Morgan fingerprint density at radius 3 is 2.67 bits per heavy atom.